The summed E-state index contributed by atoms with van der Waals surface area (Å²) in [4.78, 5) is 17.1. The van der Waals surface area contributed by atoms with Gasteiger partial charge in [0.25, 0.3) is 5.91 Å². The van der Waals surface area contributed by atoms with E-state index in [9.17, 15) is 9.18 Å². The molecule has 0 radical (unpaired) electrons. The number of thiazole rings is 1. The number of fused-ring (bicyclic) bond motifs is 1. The maximum atomic E-state index is 13.5. The first kappa shape index (κ1) is 17.0. The topological polar surface area (TPSA) is 67.4 Å². The van der Waals surface area contributed by atoms with Crippen molar-refractivity contribution in [1.29, 1.82) is 5.26 Å². The second kappa shape index (κ2) is 7.38. The number of methoxy groups -OCH3 is 1. The number of benzene rings is 2. The van der Waals surface area contributed by atoms with Crippen molar-refractivity contribution in [2.24, 2.45) is 4.99 Å². The van der Waals surface area contributed by atoms with E-state index in [1.165, 1.54) is 23.5 Å². The molecule has 0 aliphatic rings. The number of nitrogens with zero attached hydrogens (tertiary/aromatic N) is 3. The van der Waals surface area contributed by atoms with Crippen molar-refractivity contribution in [1.82, 2.24) is 4.57 Å². The van der Waals surface area contributed by atoms with E-state index in [0.29, 0.717) is 33.8 Å². The Labute approximate surface area is 147 Å². The Hall–Kier alpha value is -2.82. The first-order valence-corrected chi connectivity index (χ1v) is 8.31. The van der Waals surface area contributed by atoms with Crippen LogP contribution in [-0.2, 0) is 11.3 Å². The molecular weight excluding hydrogens is 341 g/mol. The van der Waals surface area contributed by atoms with Gasteiger partial charge in [0.15, 0.2) is 4.80 Å². The maximum Gasteiger partial charge on any atom is 0.279 e. The predicted molar refractivity (Wildman–Crippen MR) is 92.7 cm³/mol. The van der Waals surface area contributed by atoms with Gasteiger partial charge in [-0.05, 0) is 42.5 Å². The Bertz CT molecular complexity index is 1030. The minimum atomic E-state index is -0.414. The van der Waals surface area contributed by atoms with Gasteiger partial charge in [-0.25, -0.2) is 4.39 Å². The van der Waals surface area contributed by atoms with Crippen LogP contribution in [0.5, 0.6) is 0 Å². The Morgan fingerprint density at radius 1 is 1.32 bits per heavy atom. The fourth-order valence-electron chi connectivity index (χ4n) is 2.37. The highest BCUT2D eigenvalue weighted by Gasteiger charge is 2.10. The molecule has 0 saturated heterocycles. The van der Waals surface area contributed by atoms with Gasteiger partial charge in [-0.2, -0.15) is 10.3 Å². The van der Waals surface area contributed by atoms with E-state index < -0.39 is 5.91 Å². The summed E-state index contributed by atoms with van der Waals surface area (Å²) in [5.41, 5.74) is 1.67. The molecule has 0 saturated carbocycles. The zero-order valence-electron chi connectivity index (χ0n) is 13.4. The van der Waals surface area contributed by atoms with Gasteiger partial charge in [-0.15, -0.1) is 0 Å². The van der Waals surface area contributed by atoms with Crippen LogP contribution < -0.4 is 4.80 Å². The molecule has 0 atom stereocenters. The van der Waals surface area contributed by atoms with Crippen molar-refractivity contribution < 1.29 is 13.9 Å². The summed E-state index contributed by atoms with van der Waals surface area (Å²) in [7, 11) is 1.59. The molecule has 126 valence electrons. The Morgan fingerprint density at radius 3 is 2.76 bits per heavy atom. The van der Waals surface area contributed by atoms with Crippen molar-refractivity contribution in [3.05, 3.63) is 64.2 Å². The summed E-state index contributed by atoms with van der Waals surface area (Å²) >= 11 is 1.25. The summed E-state index contributed by atoms with van der Waals surface area (Å²) in [6.45, 7) is 0.947. The number of ether oxygens (including phenoxy) is 1. The highest BCUT2D eigenvalue weighted by Crippen LogP contribution is 2.19. The molecule has 5 nitrogen and oxygen atoms in total. The van der Waals surface area contributed by atoms with Crippen LogP contribution >= 0.6 is 11.3 Å². The lowest BCUT2D eigenvalue weighted by Gasteiger charge is -2.04. The van der Waals surface area contributed by atoms with E-state index in [4.69, 9.17) is 10.00 Å². The van der Waals surface area contributed by atoms with Crippen LogP contribution in [0.2, 0.25) is 0 Å². The SMILES string of the molecule is COCCn1c(=NC(=O)c2ccc(C#N)cc2)sc2cc(F)ccc21. The van der Waals surface area contributed by atoms with Crippen molar-refractivity contribution in [3.8, 4) is 6.07 Å². The zero-order chi connectivity index (χ0) is 17.8. The third kappa shape index (κ3) is 3.65. The summed E-state index contributed by atoms with van der Waals surface area (Å²) in [6.07, 6.45) is 0. The van der Waals surface area contributed by atoms with Gasteiger partial charge >= 0.3 is 0 Å². The molecule has 1 heterocycles. The number of carbonyl (C=O) groups excluding carboxylic acids is 1. The number of carbonyl (C=O) groups is 1. The van der Waals surface area contributed by atoms with E-state index in [-0.39, 0.29) is 5.82 Å². The molecule has 0 spiro atoms. The molecule has 0 N–H and O–H groups in total. The molecule has 0 aliphatic heterocycles. The average molecular weight is 355 g/mol. The lowest BCUT2D eigenvalue weighted by atomic mass is 10.1. The normalized spacial score (nSPS) is 11.6. The van der Waals surface area contributed by atoms with E-state index in [1.54, 1.807) is 37.4 Å². The van der Waals surface area contributed by atoms with Crippen molar-refractivity contribution in [2.75, 3.05) is 13.7 Å². The number of rotatable bonds is 4. The second-order valence-corrected chi connectivity index (χ2v) is 6.26. The zero-order valence-corrected chi connectivity index (χ0v) is 14.2. The van der Waals surface area contributed by atoms with Crippen LogP contribution in [0.25, 0.3) is 10.2 Å². The molecule has 1 amide bonds. The molecule has 7 heteroatoms. The highest BCUT2D eigenvalue weighted by atomic mass is 32.1. The molecule has 0 bridgehead atoms. The monoisotopic (exact) mass is 355 g/mol. The standard InChI is InChI=1S/C18H14FN3O2S/c1-24-9-8-22-15-7-6-14(19)10-16(15)25-18(22)21-17(23)13-4-2-12(11-20)3-5-13/h2-7,10H,8-9H2,1H3. The third-order valence-electron chi connectivity index (χ3n) is 3.62. The largest absolute Gasteiger partial charge is 0.383 e. The first-order chi connectivity index (χ1) is 12.1. The van der Waals surface area contributed by atoms with Crippen molar-refractivity contribution in [2.45, 2.75) is 6.54 Å². The van der Waals surface area contributed by atoms with Gasteiger partial charge < -0.3 is 9.30 Å². The van der Waals surface area contributed by atoms with Gasteiger partial charge in [-0.3, -0.25) is 4.79 Å². The number of hydrogen-bond donors (Lipinski definition) is 0. The number of amides is 1. The van der Waals surface area contributed by atoms with E-state index in [0.717, 1.165) is 5.52 Å². The van der Waals surface area contributed by atoms with Crippen LogP contribution in [0.1, 0.15) is 15.9 Å². The number of hydrogen-bond acceptors (Lipinski definition) is 4. The van der Waals surface area contributed by atoms with Gasteiger partial charge in [0, 0.05) is 19.2 Å². The van der Waals surface area contributed by atoms with Gasteiger partial charge in [0.2, 0.25) is 0 Å². The Kier molecular flexibility index (Phi) is 5.03. The van der Waals surface area contributed by atoms with Crippen molar-refractivity contribution >= 4 is 27.5 Å². The van der Waals surface area contributed by atoms with Gasteiger partial charge in [0.05, 0.1) is 28.5 Å². The molecule has 3 rings (SSSR count). The van der Waals surface area contributed by atoms with Gasteiger partial charge in [-0.1, -0.05) is 11.3 Å². The summed E-state index contributed by atoms with van der Waals surface area (Å²) in [5.74, 6) is -0.750. The molecule has 1 aromatic heterocycles. The fraction of sp³-hybridized carbons (Fsp3) is 0.167. The van der Waals surface area contributed by atoms with Crippen LogP contribution in [0.4, 0.5) is 4.39 Å². The molecule has 0 aliphatic carbocycles. The lowest BCUT2D eigenvalue weighted by Crippen LogP contribution is -2.19. The molecule has 3 aromatic rings. The van der Waals surface area contributed by atoms with Crippen LogP contribution in [0, 0.1) is 17.1 Å². The molecule has 25 heavy (non-hydrogen) atoms. The Balaban J connectivity index is 2.07. The third-order valence-corrected chi connectivity index (χ3v) is 4.66. The number of nitriles is 1. The molecular formula is C18H14FN3O2S. The lowest BCUT2D eigenvalue weighted by molar-refractivity contribution is 0.0997. The minimum Gasteiger partial charge on any atom is -0.383 e. The quantitative estimate of drug-likeness (QED) is 0.722. The average Bonchev–Trinajstić information content (AvgIpc) is 2.95. The number of halogens is 1. The second-order valence-electron chi connectivity index (χ2n) is 5.25. The summed E-state index contributed by atoms with van der Waals surface area (Å²) in [5, 5.41) is 8.82. The predicted octanol–water partition coefficient (Wildman–Crippen LogP) is 3.10. The highest BCUT2D eigenvalue weighted by molar-refractivity contribution is 7.16. The van der Waals surface area contributed by atoms with E-state index in [1.807, 2.05) is 10.6 Å². The fourth-order valence-corrected chi connectivity index (χ4v) is 3.45. The van der Waals surface area contributed by atoms with Crippen LogP contribution in [0.3, 0.4) is 0 Å². The van der Waals surface area contributed by atoms with E-state index >= 15 is 0 Å². The molecule has 0 unspecified atom stereocenters. The Morgan fingerprint density at radius 2 is 2.08 bits per heavy atom. The molecule has 2 aromatic carbocycles. The minimum absolute atomic E-state index is 0.336. The summed E-state index contributed by atoms with van der Waals surface area (Å²) < 4.78 is 21.1. The van der Waals surface area contributed by atoms with Crippen molar-refractivity contribution in [3.63, 3.8) is 0 Å². The maximum absolute atomic E-state index is 13.5. The first-order valence-electron chi connectivity index (χ1n) is 7.49. The van der Waals surface area contributed by atoms with Crippen LogP contribution in [-0.4, -0.2) is 24.2 Å². The number of aromatic nitrogens is 1. The molecule has 0 fully saturated rings. The van der Waals surface area contributed by atoms with Gasteiger partial charge in [0.1, 0.15) is 5.82 Å². The van der Waals surface area contributed by atoms with Crippen LogP contribution in [0.15, 0.2) is 47.5 Å². The van der Waals surface area contributed by atoms with E-state index in [2.05, 4.69) is 4.99 Å². The smallest absolute Gasteiger partial charge is 0.279 e. The summed E-state index contributed by atoms with van der Waals surface area (Å²) in [6, 6.07) is 12.8.